The van der Waals surface area contributed by atoms with Crippen molar-refractivity contribution in [1.29, 1.82) is 0 Å². The smallest absolute Gasteiger partial charge is 0.220 e. The molecule has 0 atom stereocenters. The van der Waals surface area contributed by atoms with Gasteiger partial charge in [-0.2, -0.15) is 0 Å². The predicted octanol–water partition coefficient (Wildman–Crippen LogP) is 7.62. The van der Waals surface area contributed by atoms with Crippen LogP contribution in [0.4, 0.5) is 0 Å². The Morgan fingerprint density at radius 1 is 0.750 bits per heavy atom. The van der Waals surface area contributed by atoms with Crippen molar-refractivity contribution in [3.63, 3.8) is 0 Å². The Balaban J connectivity index is 1.95. The summed E-state index contributed by atoms with van der Waals surface area (Å²) in [6.07, 6.45) is 34.5. The molecule has 1 aromatic carbocycles. The molecule has 1 aromatic rings. The summed E-state index contributed by atoms with van der Waals surface area (Å²) in [4.78, 5) is 11.8. The molecule has 32 heavy (non-hydrogen) atoms. The molecule has 0 unspecified atom stereocenters. The second-order valence-corrected chi connectivity index (χ2v) is 7.46. The van der Waals surface area contributed by atoms with Gasteiger partial charge in [0.15, 0.2) is 0 Å². The normalized spacial score (nSPS) is 12.5. The third-order valence-corrected chi connectivity index (χ3v) is 4.66. The van der Waals surface area contributed by atoms with Crippen LogP contribution in [-0.4, -0.2) is 12.5 Å². The fourth-order valence-electron chi connectivity index (χ4n) is 2.88. The van der Waals surface area contributed by atoms with Gasteiger partial charge in [0.1, 0.15) is 0 Å². The number of amides is 1. The highest BCUT2D eigenvalue weighted by atomic mass is 16.1. The van der Waals surface area contributed by atoms with Crippen molar-refractivity contribution in [2.75, 3.05) is 6.54 Å². The minimum Gasteiger partial charge on any atom is -0.356 e. The lowest BCUT2D eigenvalue weighted by Crippen LogP contribution is -2.25. The maximum absolute atomic E-state index is 11.8. The van der Waals surface area contributed by atoms with Gasteiger partial charge in [-0.25, -0.2) is 0 Å². The highest BCUT2D eigenvalue weighted by Gasteiger charge is 1.98. The van der Waals surface area contributed by atoms with Gasteiger partial charge in [0.05, 0.1) is 0 Å². The van der Waals surface area contributed by atoms with Crippen molar-refractivity contribution < 1.29 is 4.79 Å². The lowest BCUT2D eigenvalue weighted by atomic mass is 10.1. The summed E-state index contributed by atoms with van der Waals surface area (Å²) < 4.78 is 0. The Hall–Kier alpha value is -2.87. The largest absolute Gasteiger partial charge is 0.356 e. The van der Waals surface area contributed by atoms with Gasteiger partial charge in [-0.1, -0.05) is 104 Å². The molecule has 0 aliphatic carbocycles. The Morgan fingerprint density at radius 2 is 1.22 bits per heavy atom. The summed E-state index contributed by atoms with van der Waals surface area (Å²) in [5.74, 6) is 0.118. The Kier molecular flexibility index (Phi) is 18.1. The highest BCUT2D eigenvalue weighted by Crippen LogP contribution is 1.99. The second kappa shape index (κ2) is 21.4. The van der Waals surface area contributed by atoms with Gasteiger partial charge < -0.3 is 5.32 Å². The minimum atomic E-state index is 0.118. The molecule has 0 spiro atoms. The van der Waals surface area contributed by atoms with Gasteiger partial charge >= 0.3 is 0 Å². The van der Waals surface area contributed by atoms with Crippen LogP contribution >= 0.6 is 0 Å². The molecule has 0 aliphatic rings. The molecule has 1 N–H and O–H groups in total. The van der Waals surface area contributed by atoms with Crippen molar-refractivity contribution in [3.8, 4) is 0 Å². The SMILES string of the molecule is CC/C=C\C/C=C\C/C=C\C/C=C\C/C=C\C/C=C\CCC(=O)NCCc1cc[c]cc1. The topological polar surface area (TPSA) is 29.1 Å². The molecule has 1 amide bonds. The zero-order valence-corrected chi connectivity index (χ0v) is 19.7. The number of carbonyl (C=O) groups excluding carboxylic acids is 1. The van der Waals surface area contributed by atoms with Gasteiger partial charge in [0, 0.05) is 13.0 Å². The van der Waals surface area contributed by atoms with Gasteiger partial charge in [-0.15, -0.1) is 0 Å². The maximum atomic E-state index is 11.8. The first-order valence-corrected chi connectivity index (χ1v) is 11.9. The number of allylic oxidation sites excluding steroid dienone is 12. The van der Waals surface area contributed by atoms with E-state index in [1.807, 2.05) is 24.3 Å². The number of hydrogen-bond donors (Lipinski definition) is 1. The van der Waals surface area contributed by atoms with Crippen LogP contribution in [0.2, 0.25) is 0 Å². The average Bonchev–Trinajstić information content (AvgIpc) is 2.81. The molecule has 171 valence electrons. The third-order valence-electron chi connectivity index (χ3n) is 4.66. The molecule has 0 saturated heterocycles. The highest BCUT2D eigenvalue weighted by molar-refractivity contribution is 5.75. The Morgan fingerprint density at radius 3 is 1.72 bits per heavy atom. The number of hydrogen-bond acceptors (Lipinski definition) is 1. The van der Waals surface area contributed by atoms with E-state index in [1.165, 1.54) is 5.56 Å². The molecule has 0 fully saturated rings. The number of nitrogens with one attached hydrogen (secondary N) is 1. The van der Waals surface area contributed by atoms with E-state index in [0.717, 1.165) is 51.4 Å². The number of carbonyl (C=O) groups is 1. The standard InChI is InChI=1S/C30H40NO/c1-2-3-4-5-6-7-8-9-10-11-12-13-14-15-16-17-18-19-23-26-30(32)31-28-27-29-24-21-20-22-25-29/h3-4,6-7,9-10,12-13,15-16,18-19,21-22,24-25H,2,5,8,11,14,17,23,26-28H2,1H3,(H,31,32)/b4-3-,7-6-,10-9-,13-12-,16-15-,19-18-. The van der Waals surface area contributed by atoms with E-state index in [4.69, 9.17) is 0 Å². The van der Waals surface area contributed by atoms with E-state index in [1.54, 1.807) is 0 Å². The Bertz CT molecular complexity index is 750. The number of rotatable bonds is 17. The van der Waals surface area contributed by atoms with Crippen LogP contribution in [0.15, 0.2) is 97.2 Å². The average molecular weight is 431 g/mol. The van der Waals surface area contributed by atoms with Crippen molar-refractivity contribution >= 4 is 5.91 Å². The van der Waals surface area contributed by atoms with Gasteiger partial charge in [0.25, 0.3) is 0 Å². The second-order valence-electron chi connectivity index (χ2n) is 7.46. The van der Waals surface area contributed by atoms with E-state index in [0.29, 0.717) is 13.0 Å². The molecule has 2 heteroatoms. The van der Waals surface area contributed by atoms with Gasteiger partial charge in [-0.05, 0) is 63.0 Å². The lowest BCUT2D eigenvalue weighted by Gasteiger charge is -2.04. The zero-order chi connectivity index (χ0) is 23.0. The van der Waals surface area contributed by atoms with Gasteiger partial charge in [0.2, 0.25) is 5.91 Å². The first-order valence-electron chi connectivity index (χ1n) is 11.9. The third kappa shape index (κ3) is 17.9. The van der Waals surface area contributed by atoms with E-state index in [-0.39, 0.29) is 5.91 Å². The van der Waals surface area contributed by atoms with Crippen molar-refractivity contribution in [3.05, 3.63) is 109 Å². The molecule has 0 heterocycles. The maximum Gasteiger partial charge on any atom is 0.220 e. The van der Waals surface area contributed by atoms with Crippen LogP contribution in [0.5, 0.6) is 0 Å². The fourth-order valence-corrected chi connectivity index (χ4v) is 2.88. The van der Waals surface area contributed by atoms with E-state index in [9.17, 15) is 4.79 Å². The fraction of sp³-hybridized carbons (Fsp3) is 0.367. The van der Waals surface area contributed by atoms with E-state index >= 15 is 0 Å². The van der Waals surface area contributed by atoms with Crippen LogP contribution < -0.4 is 5.32 Å². The molecule has 0 aromatic heterocycles. The Labute approximate surface area is 196 Å². The lowest BCUT2D eigenvalue weighted by molar-refractivity contribution is -0.120. The monoisotopic (exact) mass is 430 g/mol. The molecule has 2 nitrogen and oxygen atoms in total. The molecule has 1 rings (SSSR count). The van der Waals surface area contributed by atoms with Crippen LogP contribution in [0.1, 0.15) is 63.9 Å². The summed E-state index contributed by atoms with van der Waals surface area (Å²) in [6, 6.07) is 10.9. The first kappa shape index (κ1) is 27.2. The molecule has 0 saturated carbocycles. The summed E-state index contributed by atoms with van der Waals surface area (Å²) in [5.41, 5.74) is 1.22. The van der Waals surface area contributed by atoms with Crippen molar-refractivity contribution in [1.82, 2.24) is 5.32 Å². The summed E-state index contributed by atoms with van der Waals surface area (Å²) in [5, 5.41) is 2.97. The van der Waals surface area contributed by atoms with Crippen LogP contribution in [-0.2, 0) is 11.2 Å². The molecular weight excluding hydrogens is 390 g/mol. The van der Waals surface area contributed by atoms with Crippen molar-refractivity contribution in [2.45, 2.75) is 64.7 Å². The van der Waals surface area contributed by atoms with Gasteiger partial charge in [-0.3, -0.25) is 4.79 Å². The van der Waals surface area contributed by atoms with Crippen molar-refractivity contribution in [2.24, 2.45) is 0 Å². The summed E-state index contributed by atoms with van der Waals surface area (Å²) in [7, 11) is 0. The summed E-state index contributed by atoms with van der Waals surface area (Å²) in [6.45, 7) is 2.84. The van der Waals surface area contributed by atoms with E-state index in [2.05, 4.69) is 91.2 Å². The predicted molar refractivity (Wildman–Crippen MR) is 139 cm³/mol. The minimum absolute atomic E-state index is 0.118. The summed E-state index contributed by atoms with van der Waals surface area (Å²) >= 11 is 0. The van der Waals surface area contributed by atoms with Crippen LogP contribution in [0.25, 0.3) is 0 Å². The molecule has 0 bridgehead atoms. The number of benzene rings is 1. The van der Waals surface area contributed by atoms with E-state index < -0.39 is 0 Å². The molecule has 0 aliphatic heterocycles. The molecule has 1 radical (unpaired) electrons. The zero-order valence-electron chi connectivity index (χ0n) is 19.7. The molecular formula is C30H40NO. The van der Waals surface area contributed by atoms with Crippen LogP contribution in [0.3, 0.4) is 0 Å². The first-order chi connectivity index (χ1) is 15.8. The quantitative estimate of drug-likeness (QED) is 0.253. The van der Waals surface area contributed by atoms with Crippen LogP contribution in [0, 0.1) is 6.07 Å².